The van der Waals surface area contributed by atoms with E-state index in [1.54, 1.807) is 12.4 Å². The van der Waals surface area contributed by atoms with Crippen molar-refractivity contribution in [2.75, 3.05) is 0 Å². The molecule has 11 aromatic rings. The number of rotatable bonds is 5. The van der Waals surface area contributed by atoms with Crippen molar-refractivity contribution in [1.82, 2.24) is 25.1 Å². The van der Waals surface area contributed by atoms with E-state index in [1.807, 2.05) is 24.3 Å². The monoisotopic (exact) mass is 687 g/mol. The van der Waals surface area contributed by atoms with Crippen molar-refractivity contribution < 1.29 is 0 Å². The van der Waals surface area contributed by atoms with E-state index >= 15 is 0 Å². The van der Waals surface area contributed by atoms with E-state index in [0.29, 0.717) is 0 Å². The summed E-state index contributed by atoms with van der Waals surface area (Å²) in [6.07, 6.45) is 3.52. The molecular weight excluding hydrogens is 659 g/mol. The highest BCUT2D eigenvalue weighted by atomic mass is 15.1. The van der Waals surface area contributed by atoms with Crippen LogP contribution >= 0.6 is 0 Å². The van der Waals surface area contributed by atoms with Gasteiger partial charge >= 0.3 is 0 Å². The minimum atomic E-state index is 0.817. The van der Waals surface area contributed by atoms with Crippen LogP contribution in [0, 0.1) is 0 Å². The van der Waals surface area contributed by atoms with E-state index in [2.05, 4.69) is 155 Å². The third kappa shape index (κ3) is 4.98. The van der Waals surface area contributed by atoms with Gasteiger partial charge in [0.1, 0.15) is 0 Å². The molecule has 0 aliphatic rings. The largest absolute Gasteiger partial charge is 0.265 e. The Labute approximate surface area is 310 Å². The lowest BCUT2D eigenvalue weighted by atomic mass is 9.89. The lowest BCUT2D eigenvalue weighted by molar-refractivity contribution is 1.04. The maximum atomic E-state index is 5.22. The molecule has 0 bridgehead atoms. The molecule has 7 aromatic carbocycles. The molecule has 250 valence electrons. The van der Waals surface area contributed by atoms with Crippen LogP contribution in [-0.4, -0.2) is 25.1 Å². The van der Waals surface area contributed by atoms with Crippen molar-refractivity contribution in [2.24, 2.45) is 0 Å². The van der Waals surface area contributed by atoms with Gasteiger partial charge in [-0.25, -0.2) is 9.97 Å². The summed E-state index contributed by atoms with van der Waals surface area (Å²) in [6.45, 7) is 0. The topological polar surface area (TPSA) is 64.5 Å². The minimum absolute atomic E-state index is 0.817. The highest BCUT2D eigenvalue weighted by Gasteiger charge is 2.14. The average Bonchev–Trinajstić information content (AvgIpc) is 3.25. The molecule has 0 radical (unpaired) electrons. The second-order valence-corrected chi connectivity index (χ2v) is 13.8. The van der Waals surface area contributed by atoms with Crippen LogP contribution in [0.1, 0.15) is 0 Å². The van der Waals surface area contributed by atoms with Crippen LogP contribution in [0.4, 0.5) is 0 Å². The predicted octanol–water partition coefficient (Wildman–Crippen LogP) is 12.2. The zero-order valence-corrected chi connectivity index (χ0v) is 29.0. The van der Waals surface area contributed by atoms with E-state index in [-0.39, 0.29) is 0 Å². The van der Waals surface area contributed by atoms with Crippen molar-refractivity contribution in [3.63, 3.8) is 0 Å². The highest BCUT2D eigenvalue weighted by molar-refractivity contribution is 6.25. The lowest BCUT2D eigenvalue weighted by Crippen LogP contribution is -1.92. The van der Waals surface area contributed by atoms with Gasteiger partial charge in [0.25, 0.3) is 0 Å². The summed E-state index contributed by atoms with van der Waals surface area (Å²) in [5.41, 5.74) is 11.7. The summed E-state index contributed by atoms with van der Waals surface area (Å²) in [5.74, 6) is 0. The van der Waals surface area contributed by atoms with Gasteiger partial charge in [0, 0.05) is 45.4 Å². The van der Waals surface area contributed by atoms with Gasteiger partial charge in [0.2, 0.25) is 0 Å². The third-order valence-electron chi connectivity index (χ3n) is 10.7. The lowest BCUT2D eigenvalue weighted by Gasteiger charge is -2.14. The Morgan fingerprint density at radius 2 is 0.722 bits per heavy atom. The molecule has 5 heteroatoms. The van der Waals surface area contributed by atoms with Crippen molar-refractivity contribution in [2.45, 2.75) is 0 Å². The maximum absolute atomic E-state index is 5.22. The van der Waals surface area contributed by atoms with Crippen LogP contribution in [0.25, 0.3) is 110 Å². The van der Waals surface area contributed by atoms with Crippen molar-refractivity contribution >= 4 is 54.1 Å². The second kappa shape index (κ2) is 12.1. The van der Waals surface area contributed by atoms with Gasteiger partial charge in [-0.1, -0.05) is 127 Å². The van der Waals surface area contributed by atoms with Crippen LogP contribution < -0.4 is 0 Å². The average molecular weight is 688 g/mol. The maximum Gasteiger partial charge on any atom is 0.0972 e. The number of aromatic nitrogens is 5. The Bertz CT molecular complexity index is 3160. The Balaban J connectivity index is 0.917. The molecule has 0 spiro atoms. The first kappa shape index (κ1) is 30.3. The van der Waals surface area contributed by atoms with Gasteiger partial charge in [0.05, 0.1) is 33.8 Å². The third-order valence-corrected chi connectivity index (χ3v) is 10.7. The fraction of sp³-hybridized carbons (Fsp3) is 0. The molecule has 0 N–H and O–H groups in total. The summed E-state index contributed by atoms with van der Waals surface area (Å²) >= 11 is 0. The van der Waals surface area contributed by atoms with Crippen molar-refractivity contribution in [1.29, 1.82) is 0 Å². The van der Waals surface area contributed by atoms with Crippen LogP contribution in [0.15, 0.2) is 176 Å². The summed E-state index contributed by atoms with van der Waals surface area (Å²) < 4.78 is 0. The molecule has 0 saturated carbocycles. The fourth-order valence-corrected chi connectivity index (χ4v) is 7.87. The van der Waals surface area contributed by atoms with Crippen LogP contribution in [0.5, 0.6) is 0 Å². The van der Waals surface area contributed by atoms with Gasteiger partial charge in [-0.05, 0) is 79.8 Å². The first-order valence-electron chi connectivity index (χ1n) is 18.1. The summed E-state index contributed by atoms with van der Waals surface area (Å²) in [4.78, 5) is 14.5. The van der Waals surface area contributed by atoms with Gasteiger partial charge in [-0.2, -0.15) is 0 Å². The first-order chi connectivity index (χ1) is 26.7. The molecule has 11 rings (SSSR count). The Morgan fingerprint density at radius 3 is 1.30 bits per heavy atom. The van der Waals surface area contributed by atoms with E-state index in [4.69, 9.17) is 9.97 Å². The molecule has 0 fully saturated rings. The molecule has 0 unspecified atom stereocenters. The van der Waals surface area contributed by atoms with Crippen LogP contribution in [0.2, 0.25) is 0 Å². The van der Waals surface area contributed by atoms with Crippen LogP contribution in [-0.2, 0) is 0 Å². The number of hydrogen-bond acceptors (Lipinski definition) is 5. The SMILES string of the molecule is c1cc2ccc3ccc(-c4ccc(-c5ccc6ccc7ccc(-c8ccc(-c9ccc(-c%10ccncc%10)nn9)cc8)nc7c6n5)cc4)c4ccc(c1)c2c34. The molecular formula is C49H29N5. The number of fused-ring (bicyclic) bond motifs is 3. The standard InChI is InChI=1S/C49H29N5/c1-2-35-12-13-37-16-20-40(41-21-17-36(3-1)46(35)47(37)41)30-4-6-31(7-5-30)42-22-18-38-14-15-39-19-23-43(52-49(39)48(38)51-42)32-8-10-33(11-9-32)44-24-25-45(54-53-44)34-26-28-50-29-27-34/h1-29H. The van der Waals surface area contributed by atoms with E-state index < -0.39 is 0 Å². The van der Waals surface area contributed by atoms with Crippen LogP contribution in [0.3, 0.4) is 0 Å². The molecule has 54 heavy (non-hydrogen) atoms. The number of nitrogens with zero attached hydrogens (tertiary/aromatic N) is 5. The summed E-state index contributed by atoms with van der Waals surface area (Å²) in [5, 5.41) is 18.8. The Hall–Kier alpha value is -7.37. The second-order valence-electron chi connectivity index (χ2n) is 13.8. The fourth-order valence-electron chi connectivity index (χ4n) is 7.87. The van der Waals surface area contributed by atoms with E-state index in [0.717, 1.165) is 66.8 Å². The molecule has 0 aliphatic heterocycles. The zero-order chi connectivity index (χ0) is 35.6. The molecule has 0 saturated heterocycles. The zero-order valence-electron chi connectivity index (χ0n) is 29.0. The molecule has 4 heterocycles. The number of benzene rings is 7. The normalized spacial score (nSPS) is 11.7. The Kier molecular flexibility index (Phi) is 6.79. The number of hydrogen-bond donors (Lipinski definition) is 0. The van der Waals surface area contributed by atoms with Gasteiger partial charge < -0.3 is 0 Å². The van der Waals surface area contributed by atoms with Gasteiger partial charge in [-0.3, -0.25) is 4.98 Å². The van der Waals surface area contributed by atoms with Crippen molar-refractivity contribution in [3.05, 3.63) is 176 Å². The predicted molar refractivity (Wildman–Crippen MR) is 221 cm³/mol. The van der Waals surface area contributed by atoms with E-state index in [1.165, 1.54) is 43.4 Å². The molecule has 0 amide bonds. The molecule has 5 nitrogen and oxygen atoms in total. The molecule has 0 aliphatic carbocycles. The highest BCUT2D eigenvalue weighted by Crippen LogP contribution is 2.40. The number of pyridine rings is 3. The first-order valence-corrected chi connectivity index (χ1v) is 18.1. The Morgan fingerprint density at radius 1 is 0.296 bits per heavy atom. The summed E-state index contributed by atoms with van der Waals surface area (Å²) in [7, 11) is 0. The molecule has 0 atom stereocenters. The van der Waals surface area contributed by atoms with Gasteiger partial charge in [-0.15, -0.1) is 10.2 Å². The van der Waals surface area contributed by atoms with Gasteiger partial charge in [0.15, 0.2) is 0 Å². The van der Waals surface area contributed by atoms with E-state index in [9.17, 15) is 0 Å². The van der Waals surface area contributed by atoms with Crippen molar-refractivity contribution in [3.8, 4) is 56.2 Å². The minimum Gasteiger partial charge on any atom is -0.265 e. The quantitative estimate of drug-likeness (QED) is 0.169. The summed E-state index contributed by atoms with van der Waals surface area (Å²) in [6, 6.07) is 57.8. The smallest absolute Gasteiger partial charge is 0.0972 e. The molecule has 4 aromatic heterocycles.